The second-order valence-corrected chi connectivity index (χ2v) is 8.90. The van der Waals surface area contributed by atoms with E-state index in [2.05, 4.69) is 0 Å². The molecule has 1 aromatic rings. The lowest BCUT2D eigenvalue weighted by molar-refractivity contribution is -0.0964. The summed E-state index contributed by atoms with van der Waals surface area (Å²) >= 11 is 0. The van der Waals surface area contributed by atoms with Gasteiger partial charge in [-0.3, -0.25) is 14.2 Å². The van der Waals surface area contributed by atoms with E-state index in [-0.39, 0.29) is 25.3 Å². The van der Waals surface area contributed by atoms with E-state index in [0.29, 0.717) is 17.5 Å². The number of carbonyl (C=O) groups excluding carboxylic acids is 2. The lowest BCUT2D eigenvalue weighted by Gasteiger charge is -2.41. The molecule has 1 unspecified atom stereocenters. The normalized spacial score (nSPS) is 16.7. The molecule has 1 aliphatic heterocycles. The summed E-state index contributed by atoms with van der Waals surface area (Å²) in [5.74, 6) is -0.860. The van der Waals surface area contributed by atoms with E-state index in [1.165, 1.54) is 7.11 Å². The largest absolute Gasteiger partial charge is 0.358 e. The van der Waals surface area contributed by atoms with E-state index in [0.717, 1.165) is 4.90 Å². The standard InChI is InChI=1S/C19H28NO6P/c1-6-25-27(23,26-7-2)13-19(24-5,12-14(3)4)20-17(21)15-10-8-9-11-16(15)18(20)22/h8-11,14H,6-7,12-13H2,1-5H3. The van der Waals surface area contributed by atoms with Gasteiger partial charge in [0.1, 0.15) is 0 Å². The zero-order valence-corrected chi connectivity index (χ0v) is 17.5. The molecule has 1 heterocycles. The summed E-state index contributed by atoms with van der Waals surface area (Å²) in [7, 11) is -2.17. The smallest absolute Gasteiger partial charge is 0.335 e. The number of ether oxygens (including phenoxy) is 1. The molecule has 0 bridgehead atoms. The Bertz CT molecular complexity index is 704. The SMILES string of the molecule is CCOP(=O)(CC(CC(C)C)(OC)N1C(=O)c2ccccc2C1=O)OCC. The number of hydrogen-bond acceptors (Lipinski definition) is 6. The zero-order chi connectivity index (χ0) is 20.2. The van der Waals surface area contributed by atoms with Gasteiger partial charge in [-0.2, -0.15) is 0 Å². The third-order valence-corrected chi connectivity index (χ3v) is 6.59. The van der Waals surface area contributed by atoms with Gasteiger partial charge in [0.25, 0.3) is 11.8 Å². The maximum Gasteiger partial charge on any atom is 0.335 e. The molecule has 0 fully saturated rings. The molecular weight excluding hydrogens is 369 g/mol. The summed E-state index contributed by atoms with van der Waals surface area (Å²) < 4.78 is 29.8. The Balaban J connectivity index is 2.53. The Labute approximate surface area is 160 Å². The van der Waals surface area contributed by atoms with Crippen molar-refractivity contribution in [2.75, 3.05) is 26.5 Å². The second-order valence-electron chi connectivity index (χ2n) is 6.84. The number of amides is 2. The van der Waals surface area contributed by atoms with E-state index in [1.807, 2.05) is 13.8 Å². The summed E-state index contributed by atoms with van der Waals surface area (Å²) in [5, 5.41) is 0. The van der Waals surface area contributed by atoms with Gasteiger partial charge in [-0.25, -0.2) is 4.90 Å². The Kier molecular flexibility index (Phi) is 6.98. The number of methoxy groups -OCH3 is 1. The molecule has 27 heavy (non-hydrogen) atoms. The Morgan fingerprint density at radius 3 is 1.89 bits per heavy atom. The predicted octanol–water partition coefficient (Wildman–Crippen LogP) is 3.94. The van der Waals surface area contributed by atoms with Crippen molar-refractivity contribution in [3.63, 3.8) is 0 Å². The average molecular weight is 397 g/mol. The van der Waals surface area contributed by atoms with Gasteiger partial charge in [0, 0.05) is 7.11 Å². The van der Waals surface area contributed by atoms with Gasteiger partial charge in [-0.15, -0.1) is 0 Å². The van der Waals surface area contributed by atoms with Crippen LogP contribution >= 0.6 is 7.60 Å². The lowest BCUT2D eigenvalue weighted by atomic mass is 9.99. The van der Waals surface area contributed by atoms with Gasteiger partial charge in [-0.1, -0.05) is 26.0 Å². The minimum atomic E-state index is -3.59. The van der Waals surface area contributed by atoms with Gasteiger partial charge in [-0.05, 0) is 38.3 Å². The van der Waals surface area contributed by atoms with Gasteiger partial charge in [0.05, 0.1) is 30.5 Å². The molecule has 1 atom stereocenters. The fourth-order valence-corrected chi connectivity index (χ4v) is 5.54. The molecule has 1 aromatic carbocycles. The van der Waals surface area contributed by atoms with Crippen molar-refractivity contribution in [3.05, 3.63) is 35.4 Å². The molecule has 1 aliphatic rings. The van der Waals surface area contributed by atoms with Gasteiger partial charge in [0.2, 0.25) is 0 Å². The Hall–Kier alpha value is -1.53. The molecule has 0 saturated carbocycles. The summed E-state index contributed by atoms with van der Waals surface area (Å²) in [4.78, 5) is 27.2. The summed E-state index contributed by atoms with van der Waals surface area (Å²) in [6.45, 7) is 7.67. The van der Waals surface area contributed by atoms with Crippen LogP contribution in [0.5, 0.6) is 0 Å². The van der Waals surface area contributed by atoms with Crippen LogP contribution in [0, 0.1) is 5.92 Å². The Morgan fingerprint density at radius 2 is 1.52 bits per heavy atom. The summed E-state index contributed by atoms with van der Waals surface area (Å²) in [5.41, 5.74) is -0.799. The topological polar surface area (TPSA) is 82.1 Å². The van der Waals surface area contributed by atoms with E-state index in [4.69, 9.17) is 13.8 Å². The Morgan fingerprint density at radius 1 is 1.04 bits per heavy atom. The highest BCUT2D eigenvalue weighted by atomic mass is 31.2. The van der Waals surface area contributed by atoms with E-state index in [9.17, 15) is 14.2 Å². The van der Waals surface area contributed by atoms with Gasteiger partial charge in [0.15, 0.2) is 5.72 Å². The molecule has 0 spiro atoms. The van der Waals surface area contributed by atoms with Gasteiger partial charge < -0.3 is 13.8 Å². The summed E-state index contributed by atoms with van der Waals surface area (Å²) in [6.07, 6.45) is 0.0843. The third kappa shape index (κ3) is 4.32. The number of carbonyl (C=O) groups is 2. The minimum absolute atomic E-state index is 0.0611. The van der Waals surface area contributed by atoms with Crippen molar-refractivity contribution < 1.29 is 27.9 Å². The van der Waals surface area contributed by atoms with Crippen LogP contribution in [-0.2, 0) is 18.3 Å². The first kappa shape index (κ1) is 21.8. The van der Waals surface area contributed by atoms with Crippen molar-refractivity contribution >= 4 is 19.4 Å². The van der Waals surface area contributed by atoms with Crippen LogP contribution < -0.4 is 0 Å². The fourth-order valence-electron chi connectivity index (χ4n) is 3.49. The first-order valence-electron chi connectivity index (χ1n) is 9.14. The van der Waals surface area contributed by atoms with E-state index < -0.39 is 25.1 Å². The van der Waals surface area contributed by atoms with Crippen molar-refractivity contribution in [1.82, 2.24) is 4.90 Å². The zero-order valence-electron chi connectivity index (χ0n) is 16.6. The van der Waals surface area contributed by atoms with Crippen LogP contribution in [0.4, 0.5) is 0 Å². The highest BCUT2D eigenvalue weighted by Crippen LogP contribution is 2.53. The number of hydrogen-bond donors (Lipinski definition) is 0. The number of benzene rings is 1. The van der Waals surface area contributed by atoms with Crippen molar-refractivity contribution in [3.8, 4) is 0 Å². The molecule has 0 N–H and O–H groups in total. The van der Waals surface area contributed by atoms with Crippen LogP contribution in [0.2, 0.25) is 0 Å². The summed E-state index contributed by atoms with van der Waals surface area (Å²) in [6, 6.07) is 6.62. The highest BCUT2D eigenvalue weighted by Gasteiger charge is 2.53. The molecule has 7 nitrogen and oxygen atoms in total. The van der Waals surface area contributed by atoms with Crippen molar-refractivity contribution in [1.29, 1.82) is 0 Å². The van der Waals surface area contributed by atoms with Crippen LogP contribution in [-0.4, -0.2) is 48.9 Å². The minimum Gasteiger partial charge on any atom is -0.358 e. The van der Waals surface area contributed by atoms with E-state index in [1.54, 1.807) is 38.1 Å². The van der Waals surface area contributed by atoms with Crippen LogP contribution in [0.1, 0.15) is 54.8 Å². The molecule has 0 aromatic heterocycles. The maximum absolute atomic E-state index is 13.2. The van der Waals surface area contributed by atoms with Gasteiger partial charge >= 0.3 is 7.60 Å². The molecule has 0 radical (unpaired) electrons. The first-order chi connectivity index (χ1) is 12.7. The molecule has 0 aliphatic carbocycles. The van der Waals surface area contributed by atoms with E-state index >= 15 is 0 Å². The molecule has 2 rings (SSSR count). The third-order valence-electron chi connectivity index (χ3n) is 4.40. The quantitative estimate of drug-likeness (QED) is 0.439. The van der Waals surface area contributed by atoms with Crippen molar-refractivity contribution in [2.45, 2.75) is 39.8 Å². The fraction of sp³-hybridized carbons (Fsp3) is 0.579. The predicted molar refractivity (Wildman–Crippen MR) is 102 cm³/mol. The maximum atomic E-state index is 13.2. The highest BCUT2D eigenvalue weighted by molar-refractivity contribution is 7.53. The second kappa shape index (κ2) is 8.65. The first-order valence-corrected chi connectivity index (χ1v) is 10.9. The monoisotopic (exact) mass is 397 g/mol. The number of rotatable bonds is 10. The average Bonchev–Trinajstić information content (AvgIpc) is 2.86. The molecular formula is C19H28NO6P. The van der Waals surface area contributed by atoms with Crippen LogP contribution in [0.25, 0.3) is 0 Å². The van der Waals surface area contributed by atoms with Crippen molar-refractivity contribution in [2.24, 2.45) is 5.92 Å². The lowest BCUT2D eigenvalue weighted by Crippen LogP contribution is -2.56. The number of imide groups is 1. The molecule has 150 valence electrons. The number of fused-ring (bicyclic) bond motifs is 1. The molecule has 0 saturated heterocycles. The molecule has 2 amide bonds. The number of nitrogens with zero attached hydrogens (tertiary/aromatic N) is 1. The molecule has 8 heteroatoms. The van der Waals surface area contributed by atoms with Crippen LogP contribution in [0.15, 0.2) is 24.3 Å². The van der Waals surface area contributed by atoms with Crippen LogP contribution in [0.3, 0.4) is 0 Å².